The standard InChI is InChI=1S/C21H32O3/c1-19-8-5-15(22)13-14(19)3-4-16-17(19)6-9-20(2)18(16)7-10-21(20)23-11-12-24-21/h3,15-18,22H,4-13H2,1-2H3/t15-,16+,17-,18-,19-,20-/m0/s1/i3D,5D2,10D2,13D2,15D. The van der Waals surface area contributed by atoms with Gasteiger partial charge in [0, 0.05) is 20.0 Å². The number of hydrogen-bond donors (Lipinski definition) is 1. The molecule has 1 N–H and O–H groups in total. The van der Waals surface area contributed by atoms with E-state index in [1.165, 1.54) is 0 Å². The Morgan fingerprint density at radius 2 is 2.04 bits per heavy atom. The first-order valence-electron chi connectivity index (χ1n) is 13.2. The molecule has 6 atom stereocenters. The highest BCUT2D eigenvalue weighted by molar-refractivity contribution is 5.26. The zero-order chi connectivity index (χ0) is 23.8. The maximum Gasteiger partial charge on any atom is 0.174 e. The number of rotatable bonds is 0. The lowest BCUT2D eigenvalue weighted by atomic mass is 9.47. The normalized spacial score (nSPS) is 67.2. The smallest absolute Gasteiger partial charge is 0.174 e. The van der Waals surface area contributed by atoms with E-state index >= 15 is 0 Å². The zero-order valence-electron chi connectivity index (χ0n) is 22.4. The van der Waals surface area contributed by atoms with Gasteiger partial charge in [-0.05, 0) is 68.0 Å². The van der Waals surface area contributed by atoms with Crippen molar-refractivity contribution in [3.05, 3.63) is 11.6 Å². The molecule has 3 nitrogen and oxygen atoms in total. The molecule has 0 bridgehead atoms. The van der Waals surface area contributed by atoms with Crippen molar-refractivity contribution in [1.82, 2.24) is 0 Å². The first kappa shape index (κ1) is 9.53. The summed E-state index contributed by atoms with van der Waals surface area (Å²) in [5, 5.41) is 10.6. The largest absolute Gasteiger partial charge is 0.393 e. The molecule has 24 heavy (non-hydrogen) atoms. The third kappa shape index (κ3) is 1.84. The highest BCUT2D eigenvalue weighted by Gasteiger charge is 2.66. The van der Waals surface area contributed by atoms with Gasteiger partial charge in [0.15, 0.2) is 5.79 Å². The van der Waals surface area contributed by atoms with Crippen molar-refractivity contribution >= 4 is 0 Å². The van der Waals surface area contributed by atoms with Crippen LogP contribution in [0.1, 0.15) is 76.0 Å². The molecule has 1 heterocycles. The van der Waals surface area contributed by atoms with E-state index in [1.807, 2.05) is 6.92 Å². The Balaban J connectivity index is 1.64. The van der Waals surface area contributed by atoms with E-state index in [4.69, 9.17) is 20.4 Å². The summed E-state index contributed by atoms with van der Waals surface area (Å²) in [5.74, 6) is -1.83. The molecule has 4 aliphatic carbocycles. The molecule has 134 valence electrons. The Labute approximate surface area is 157 Å². The van der Waals surface area contributed by atoms with Crippen LogP contribution in [-0.2, 0) is 9.47 Å². The van der Waals surface area contributed by atoms with Crippen LogP contribution in [0.25, 0.3) is 0 Å². The summed E-state index contributed by atoms with van der Waals surface area (Å²) in [6.07, 6.45) is -8.52. The lowest BCUT2D eigenvalue weighted by Crippen LogP contribution is -2.55. The fraction of sp³-hybridized carbons (Fsp3) is 0.905. The van der Waals surface area contributed by atoms with Gasteiger partial charge in [0.05, 0.1) is 22.0 Å². The van der Waals surface area contributed by atoms with Crippen molar-refractivity contribution in [2.75, 3.05) is 13.2 Å². The Bertz CT molecular complexity index is 880. The second kappa shape index (κ2) is 5.08. The van der Waals surface area contributed by atoms with Crippen molar-refractivity contribution in [2.24, 2.45) is 28.6 Å². The molecule has 0 unspecified atom stereocenters. The highest BCUT2D eigenvalue weighted by Crippen LogP contribution is 2.68. The average molecular weight is 341 g/mol. The summed E-state index contributed by atoms with van der Waals surface area (Å²) in [6.45, 7) is 4.47. The molecule has 0 aromatic carbocycles. The van der Waals surface area contributed by atoms with Crippen LogP contribution in [0.15, 0.2) is 11.6 Å². The Morgan fingerprint density at radius 1 is 1.25 bits per heavy atom. The van der Waals surface area contributed by atoms with E-state index in [1.54, 1.807) is 6.92 Å². The van der Waals surface area contributed by atoms with Gasteiger partial charge < -0.3 is 14.6 Å². The van der Waals surface area contributed by atoms with Crippen LogP contribution >= 0.6 is 0 Å². The van der Waals surface area contributed by atoms with Crippen LogP contribution in [0, 0.1) is 28.6 Å². The molecule has 3 heteroatoms. The second-order valence-electron chi connectivity index (χ2n) is 8.53. The summed E-state index contributed by atoms with van der Waals surface area (Å²) in [5.41, 5.74) is -1.60. The van der Waals surface area contributed by atoms with Crippen LogP contribution < -0.4 is 0 Å². The van der Waals surface area contributed by atoms with Crippen molar-refractivity contribution in [3.8, 4) is 0 Å². The molecule has 1 spiro atoms. The van der Waals surface area contributed by atoms with E-state index in [0.29, 0.717) is 26.1 Å². The van der Waals surface area contributed by atoms with Crippen LogP contribution in [0.4, 0.5) is 0 Å². The maximum absolute atomic E-state index is 10.6. The van der Waals surface area contributed by atoms with E-state index < -0.39 is 41.8 Å². The van der Waals surface area contributed by atoms with Gasteiger partial charge in [-0.3, -0.25) is 0 Å². The lowest BCUT2D eigenvalue weighted by Gasteiger charge is -2.58. The summed E-state index contributed by atoms with van der Waals surface area (Å²) in [7, 11) is 0. The van der Waals surface area contributed by atoms with Crippen LogP contribution in [0.5, 0.6) is 0 Å². The first-order chi connectivity index (χ1) is 14.5. The van der Waals surface area contributed by atoms with Gasteiger partial charge in [0.25, 0.3) is 0 Å². The van der Waals surface area contributed by atoms with Crippen LogP contribution in [0.2, 0.25) is 0 Å². The SMILES string of the molecule is [2H]C1=C2C([2H])([2H])[C@@]([2H])(O)C([2H])([2H])C[C@]2(C)[C@H]2CC[C@@]3(C)[C@@H](CC([2H])([2H])C34OCCO4)[C@@H]2C1. The van der Waals surface area contributed by atoms with Gasteiger partial charge >= 0.3 is 0 Å². The van der Waals surface area contributed by atoms with Gasteiger partial charge in [-0.25, -0.2) is 0 Å². The third-order valence-corrected chi connectivity index (χ3v) is 7.60. The van der Waals surface area contributed by atoms with E-state index in [2.05, 4.69) is 0 Å². The Morgan fingerprint density at radius 3 is 2.83 bits per heavy atom. The second-order valence-corrected chi connectivity index (χ2v) is 8.53. The minimum absolute atomic E-state index is 0.0129. The van der Waals surface area contributed by atoms with Gasteiger partial charge in [-0.1, -0.05) is 25.5 Å². The summed E-state index contributed by atoms with van der Waals surface area (Å²) in [4.78, 5) is 0. The quantitative estimate of drug-likeness (QED) is 0.676. The molecule has 0 radical (unpaired) electrons. The van der Waals surface area contributed by atoms with Gasteiger partial charge in [-0.2, -0.15) is 0 Å². The van der Waals surface area contributed by atoms with E-state index in [0.717, 1.165) is 0 Å². The van der Waals surface area contributed by atoms with Crippen molar-refractivity contribution in [3.63, 3.8) is 0 Å². The fourth-order valence-electron chi connectivity index (χ4n) is 6.20. The number of hydrogen-bond acceptors (Lipinski definition) is 3. The molecular weight excluding hydrogens is 300 g/mol. The molecule has 0 aromatic heterocycles. The van der Waals surface area contributed by atoms with Crippen molar-refractivity contribution < 1.29 is 25.5 Å². The first-order valence-corrected chi connectivity index (χ1v) is 9.20. The molecule has 0 aromatic rings. The number of fused-ring (bicyclic) bond motifs is 6. The van der Waals surface area contributed by atoms with Gasteiger partial charge in [-0.15, -0.1) is 0 Å². The number of aliphatic hydroxyl groups is 1. The maximum atomic E-state index is 10.6. The van der Waals surface area contributed by atoms with Gasteiger partial charge in [0.1, 0.15) is 0 Å². The average Bonchev–Trinajstić information content (AvgIpc) is 3.19. The summed E-state index contributed by atoms with van der Waals surface area (Å²) in [6, 6.07) is 0.0129. The third-order valence-electron chi connectivity index (χ3n) is 7.60. The minimum Gasteiger partial charge on any atom is -0.393 e. The van der Waals surface area contributed by atoms with Crippen LogP contribution in [0.3, 0.4) is 0 Å². The highest BCUT2D eigenvalue weighted by atomic mass is 16.7. The van der Waals surface area contributed by atoms with Crippen molar-refractivity contribution in [1.29, 1.82) is 0 Å². The molecule has 3 saturated carbocycles. The van der Waals surface area contributed by atoms with Crippen molar-refractivity contribution in [2.45, 2.75) is 76.9 Å². The monoisotopic (exact) mass is 340 g/mol. The molecule has 1 saturated heterocycles. The zero-order valence-corrected chi connectivity index (χ0v) is 14.4. The number of allylic oxidation sites excluding steroid dienone is 1. The van der Waals surface area contributed by atoms with E-state index in [9.17, 15) is 5.11 Å². The molecule has 1 aliphatic heterocycles. The molecule has 0 amide bonds. The minimum atomic E-state index is -2.99. The Kier molecular flexibility index (Phi) is 2.02. The molecule has 4 fully saturated rings. The predicted octanol–water partition coefficient (Wildman–Crippen LogP) is 4.05. The van der Waals surface area contributed by atoms with E-state index in [-0.39, 0.29) is 48.6 Å². The number of ether oxygens (including phenoxy) is 2. The molecule has 5 rings (SSSR count). The van der Waals surface area contributed by atoms with Gasteiger partial charge in [0.2, 0.25) is 0 Å². The lowest BCUT2D eigenvalue weighted by molar-refractivity contribution is -0.242. The Hall–Kier alpha value is -0.380. The predicted molar refractivity (Wildman–Crippen MR) is 92.3 cm³/mol. The summed E-state index contributed by atoms with van der Waals surface area (Å²) >= 11 is 0. The van der Waals surface area contributed by atoms with Crippen LogP contribution in [-0.4, -0.2) is 30.2 Å². The topological polar surface area (TPSA) is 38.7 Å². The fourth-order valence-corrected chi connectivity index (χ4v) is 6.20. The summed E-state index contributed by atoms with van der Waals surface area (Å²) < 4.78 is 80.4. The molecular formula is C21H32O3. The molecule has 5 aliphatic rings.